The van der Waals surface area contributed by atoms with Gasteiger partial charge in [0.1, 0.15) is 5.82 Å². The third-order valence-corrected chi connectivity index (χ3v) is 10.1. The van der Waals surface area contributed by atoms with E-state index in [9.17, 15) is 0 Å². The molecule has 0 radical (unpaired) electrons. The second kappa shape index (κ2) is 11.2. The number of anilines is 3. The van der Waals surface area contributed by atoms with Gasteiger partial charge in [-0.15, -0.1) is 0 Å². The van der Waals surface area contributed by atoms with E-state index in [1.165, 1.54) is 61.2 Å². The van der Waals surface area contributed by atoms with Gasteiger partial charge in [0, 0.05) is 34.1 Å². The van der Waals surface area contributed by atoms with Crippen LogP contribution < -0.4 is 9.80 Å². The van der Waals surface area contributed by atoms with Gasteiger partial charge in [-0.25, -0.2) is 4.98 Å². The Hall–Kier alpha value is -5.35. The largest absolute Gasteiger partial charge is 0.349 e. The van der Waals surface area contributed by atoms with E-state index in [4.69, 9.17) is 4.98 Å². The summed E-state index contributed by atoms with van der Waals surface area (Å²) < 4.78 is 2.34. The van der Waals surface area contributed by atoms with Gasteiger partial charge < -0.3 is 9.80 Å². The monoisotopic (exact) mass is 612 g/mol. The zero-order chi connectivity index (χ0) is 32.3. The first-order valence-corrected chi connectivity index (χ1v) is 16.6. The molecule has 232 valence electrons. The van der Waals surface area contributed by atoms with Crippen LogP contribution in [0.5, 0.6) is 0 Å². The molecule has 0 atom stereocenters. The van der Waals surface area contributed by atoms with Crippen molar-refractivity contribution in [2.45, 2.75) is 46.1 Å². The molecule has 0 amide bonds. The van der Waals surface area contributed by atoms with Crippen molar-refractivity contribution < 1.29 is 0 Å². The standard InChI is InChI=1S/C43H40N4/c1-29(2)45-28-46(40-20-11-10-19-39(40)45)34-15-12-14-32(26-34)43(4,5)33-21-22-37-36-17-8-9-18-38(36)47(41(37)27-33)42-25-31(23-24-44-42)35-16-7-6-13-30(35)3/h6-27,29H,28H2,1-5H3. The minimum Gasteiger partial charge on any atom is -0.349 e. The fraction of sp³-hybridized carbons (Fsp3) is 0.186. The molecule has 0 bridgehead atoms. The maximum atomic E-state index is 4.93. The van der Waals surface area contributed by atoms with Crippen LogP contribution in [0.1, 0.15) is 44.4 Å². The second-order valence-electron chi connectivity index (χ2n) is 13.6. The molecule has 5 aromatic carbocycles. The van der Waals surface area contributed by atoms with Crippen LogP contribution in [-0.4, -0.2) is 22.3 Å². The molecule has 4 heteroatoms. The Kier molecular flexibility index (Phi) is 6.91. The number of benzene rings is 5. The van der Waals surface area contributed by atoms with Crippen LogP contribution in [-0.2, 0) is 5.41 Å². The summed E-state index contributed by atoms with van der Waals surface area (Å²) in [5.41, 5.74) is 12.1. The molecule has 0 aliphatic carbocycles. The van der Waals surface area contributed by atoms with E-state index in [1.54, 1.807) is 0 Å². The van der Waals surface area contributed by atoms with Crippen molar-refractivity contribution in [2.75, 3.05) is 16.5 Å². The van der Waals surface area contributed by atoms with E-state index in [0.717, 1.165) is 18.0 Å². The zero-order valence-corrected chi connectivity index (χ0v) is 27.8. The molecule has 4 nitrogen and oxygen atoms in total. The van der Waals surface area contributed by atoms with E-state index < -0.39 is 0 Å². The van der Waals surface area contributed by atoms with E-state index in [-0.39, 0.29) is 5.41 Å². The zero-order valence-electron chi connectivity index (χ0n) is 27.8. The summed E-state index contributed by atoms with van der Waals surface area (Å²) in [6, 6.07) is 46.9. The Bertz CT molecular complexity index is 2270. The lowest BCUT2D eigenvalue weighted by Crippen LogP contribution is -2.33. The summed E-state index contributed by atoms with van der Waals surface area (Å²) >= 11 is 0. The van der Waals surface area contributed by atoms with Gasteiger partial charge in [0.2, 0.25) is 0 Å². The van der Waals surface area contributed by atoms with Crippen LogP contribution in [0.3, 0.4) is 0 Å². The number of rotatable bonds is 6. The van der Waals surface area contributed by atoms with Crippen LogP contribution in [0.25, 0.3) is 38.8 Å². The van der Waals surface area contributed by atoms with Gasteiger partial charge in [-0.1, -0.05) is 92.7 Å². The fourth-order valence-corrected chi connectivity index (χ4v) is 7.34. The average Bonchev–Trinajstić information content (AvgIpc) is 3.65. The van der Waals surface area contributed by atoms with Crippen molar-refractivity contribution in [2.24, 2.45) is 0 Å². The van der Waals surface area contributed by atoms with E-state index in [2.05, 4.69) is 176 Å². The molecule has 1 aliphatic rings. The van der Waals surface area contributed by atoms with Gasteiger partial charge in [0.15, 0.2) is 0 Å². The number of fused-ring (bicyclic) bond motifs is 4. The van der Waals surface area contributed by atoms with Crippen molar-refractivity contribution in [3.63, 3.8) is 0 Å². The summed E-state index contributed by atoms with van der Waals surface area (Å²) in [5, 5.41) is 2.47. The minimum atomic E-state index is -0.237. The lowest BCUT2D eigenvalue weighted by molar-refractivity contribution is 0.641. The number of aryl methyl sites for hydroxylation is 1. The summed E-state index contributed by atoms with van der Waals surface area (Å²) in [6.45, 7) is 12.2. The van der Waals surface area contributed by atoms with Crippen LogP contribution in [0.4, 0.5) is 17.1 Å². The lowest BCUT2D eigenvalue weighted by Gasteiger charge is -2.29. The Balaban J connectivity index is 1.24. The Morgan fingerprint density at radius 3 is 2.21 bits per heavy atom. The summed E-state index contributed by atoms with van der Waals surface area (Å²) in [6.07, 6.45) is 1.94. The number of hydrogen-bond donors (Lipinski definition) is 0. The maximum Gasteiger partial charge on any atom is 0.138 e. The van der Waals surface area contributed by atoms with Crippen molar-refractivity contribution >= 4 is 38.9 Å². The molecule has 0 N–H and O–H groups in total. The molecule has 0 spiro atoms. The van der Waals surface area contributed by atoms with Crippen LogP contribution in [0.2, 0.25) is 0 Å². The highest BCUT2D eigenvalue weighted by Gasteiger charge is 2.30. The molecule has 2 aromatic heterocycles. The van der Waals surface area contributed by atoms with Gasteiger partial charge in [0.05, 0.1) is 29.1 Å². The van der Waals surface area contributed by atoms with Gasteiger partial charge >= 0.3 is 0 Å². The summed E-state index contributed by atoms with van der Waals surface area (Å²) in [5.74, 6) is 0.927. The van der Waals surface area contributed by atoms with Gasteiger partial charge in [-0.3, -0.25) is 4.57 Å². The number of pyridine rings is 1. The predicted octanol–water partition coefficient (Wildman–Crippen LogP) is 10.8. The van der Waals surface area contributed by atoms with E-state index >= 15 is 0 Å². The van der Waals surface area contributed by atoms with Crippen molar-refractivity contribution in [3.8, 4) is 16.9 Å². The van der Waals surface area contributed by atoms with Crippen LogP contribution in [0, 0.1) is 6.92 Å². The Labute approximate surface area is 277 Å². The van der Waals surface area contributed by atoms with Gasteiger partial charge in [0.25, 0.3) is 0 Å². The van der Waals surface area contributed by atoms with Crippen molar-refractivity contribution in [3.05, 3.63) is 150 Å². The molecular formula is C43H40N4. The third-order valence-electron chi connectivity index (χ3n) is 10.1. The first-order chi connectivity index (χ1) is 22.8. The number of aromatic nitrogens is 2. The highest BCUT2D eigenvalue weighted by atomic mass is 15.4. The van der Waals surface area contributed by atoms with Crippen molar-refractivity contribution in [1.82, 2.24) is 9.55 Å². The molecule has 0 saturated carbocycles. The third kappa shape index (κ3) is 4.79. The summed E-state index contributed by atoms with van der Waals surface area (Å²) in [4.78, 5) is 9.86. The molecule has 0 unspecified atom stereocenters. The van der Waals surface area contributed by atoms with Gasteiger partial charge in [-0.2, -0.15) is 0 Å². The number of hydrogen-bond acceptors (Lipinski definition) is 3. The van der Waals surface area contributed by atoms with Gasteiger partial charge in [-0.05, 0) is 97.1 Å². The first kappa shape index (κ1) is 29.1. The average molecular weight is 613 g/mol. The Morgan fingerprint density at radius 1 is 0.660 bits per heavy atom. The lowest BCUT2D eigenvalue weighted by atomic mass is 9.77. The number of nitrogens with zero attached hydrogens (tertiary/aromatic N) is 4. The Morgan fingerprint density at radius 2 is 1.38 bits per heavy atom. The normalized spacial score (nSPS) is 13.2. The highest BCUT2D eigenvalue weighted by Crippen LogP contribution is 2.43. The SMILES string of the molecule is Cc1ccccc1-c1ccnc(-n2c3ccccc3c3ccc(C(C)(C)c4cccc(N5CN(C(C)C)c6ccccc65)c4)cc32)c1. The molecule has 47 heavy (non-hydrogen) atoms. The van der Waals surface area contributed by atoms with Crippen molar-refractivity contribution in [1.29, 1.82) is 0 Å². The number of para-hydroxylation sites is 3. The smallest absolute Gasteiger partial charge is 0.138 e. The van der Waals surface area contributed by atoms with Crippen LogP contribution >= 0.6 is 0 Å². The molecule has 3 heterocycles. The molecule has 1 aliphatic heterocycles. The van der Waals surface area contributed by atoms with E-state index in [0.29, 0.717) is 6.04 Å². The van der Waals surface area contributed by atoms with E-state index in [1.807, 2.05) is 6.20 Å². The second-order valence-corrected chi connectivity index (χ2v) is 13.6. The quantitative estimate of drug-likeness (QED) is 0.187. The topological polar surface area (TPSA) is 24.3 Å². The molecular weight excluding hydrogens is 573 g/mol. The van der Waals surface area contributed by atoms with Crippen LogP contribution in [0.15, 0.2) is 134 Å². The predicted molar refractivity (Wildman–Crippen MR) is 198 cm³/mol. The minimum absolute atomic E-state index is 0.237. The summed E-state index contributed by atoms with van der Waals surface area (Å²) in [7, 11) is 0. The highest BCUT2D eigenvalue weighted by molar-refractivity contribution is 6.09. The molecule has 0 saturated heterocycles. The molecule has 7 aromatic rings. The first-order valence-electron chi connectivity index (χ1n) is 16.6. The molecule has 8 rings (SSSR count). The molecule has 0 fully saturated rings. The maximum absolute atomic E-state index is 4.93. The fourth-order valence-electron chi connectivity index (χ4n) is 7.34.